The van der Waals surface area contributed by atoms with E-state index >= 15 is 0 Å². The third-order valence-electron chi connectivity index (χ3n) is 4.69. The first-order chi connectivity index (χ1) is 12.6. The molecule has 4 aromatic rings. The van der Waals surface area contributed by atoms with Crippen LogP contribution in [0, 0.1) is 13.8 Å². The van der Waals surface area contributed by atoms with Crippen LogP contribution >= 0.6 is 11.3 Å². The molecule has 1 atom stereocenters. The van der Waals surface area contributed by atoms with Gasteiger partial charge in [-0.3, -0.25) is 4.79 Å². The second-order valence-electron chi connectivity index (χ2n) is 6.36. The summed E-state index contributed by atoms with van der Waals surface area (Å²) in [5, 5.41) is 22.0. The molecule has 1 N–H and O–H groups in total. The Hall–Kier alpha value is -3.07. The molecule has 0 spiro atoms. The lowest BCUT2D eigenvalue weighted by Crippen LogP contribution is -2.25. The van der Waals surface area contributed by atoms with E-state index in [2.05, 4.69) is 44.1 Å². The van der Waals surface area contributed by atoms with Crippen molar-refractivity contribution in [2.45, 2.75) is 26.2 Å². The summed E-state index contributed by atoms with van der Waals surface area (Å²) in [6.45, 7) is 4.05. The maximum atomic E-state index is 12.4. The number of anilines is 1. The summed E-state index contributed by atoms with van der Waals surface area (Å²) in [7, 11) is 0. The first kappa shape index (κ1) is 15.2. The largest absolute Gasteiger partial charge is 0.310 e. The van der Waals surface area contributed by atoms with Crippen molar-refractivity contribution >= 4 is 28.7 Å². The minimum absolute atomic E-state index is 0.0122. The monoisotopic (exact) mass is 365 g/mol. The molecular formula is C17H15N7OS. The maximum absolute atomic E-state index is 12.4. The van der Waals surface area contributed by atoms with E-state index in [1.165, 1.54) is 16.8 Å². The zero-order valence-electron chi connectivity index (χ0n) is 14.2. The first-order valence-corrected chi connectivity index (χ1v) is 9.10. The summed E-state index contributed by atoms with van der Waals surface area (Å²) in [6, 6.07) is 5.74. The Morgan fingerprint density at radius 3 is 2.92 bits per heavy atom. The second-order valence-corrected chi connectivity index (χ2v) is 7.31. The van der Waals surface area contributed by atoms with Crippen molar-refractivity contribution in [3.8, 4) is 5.82 Å². The van der Waals surface area contributed by atoms with Crippen molar-refractivity contribution < 1.29 is 4.79 Å². The lowest BCUT2D eigenvalue weighted by Gasteiger charge is -2.23. The molecule has 0 saturated carbocycles. The lowest BCUT2D eigenvalue weighted by molar-refractivity contribution is -0.116. The van der Waals surface area contributed by atoms with Gasteiger partial charge in [-0.1, -0.05) is 0 Å². The van der Waals surface area contributed by atoms with Crippen LogP contribution in [0.1, 0.15) is 34.0 Å². The number of thiophene rings is 1. The van der Waals surface area contributed by atoms with Gasteiger partial charge in [0.05, 0.1) is 5.69 Å². The summed E-state index contributed by atoms with van der Waals surface area (Å²) in [4.78, 5) is 13.6. The van der Waals surface area contributed by atoms with Crippen molar-refractivity contribution in [3.05, 3.63) is 51.6 Å². The van der Waals surface area contributed by atoms with E-state index in [9.17, 15) is 4.79 Å². The zero-order valence-corrected chi connectivity index (χ0v) is 15.0. The molecule has 26 heavy (non-hydrogen) atoms. The summed E-state index contributed by atoms with van der Waals surface area (Å²) in [5.41, 5.74) is 3.81. The van der Waals surface area contributed by atoms with Crippen LogP contribution in [0.5, 0.6) is 0 Å². The molecule has 9 heteroatoms. The third-order valence-corrected chi connectivity index (χ3v) is 5.82. The summed E-state index contributed by atoms with van der Waals surface area (Å²) in [6.07, 6.45) is 1.97. The van der Waals surface area contributed by atoms with Crippen LogP contribution in [-0.2, 0) is 4.79 Å². The van der Waals surface area contributed by atoms with Gasteiger partial charge < -0.3 is 5.32 Å². The van der Waals surface area contributed by atoms with Gasteiger partial charge in [-0.2, -0.15) is 14.3 Å². The van der Waals surface area contributed by atoms with Crippen molar-refractivity contribution in [2.24, 2.45) is 0 Å². The van der Waals surface area contributed by atoms with Crippen LogP contribution in [0.3, 0.4) is 0 Å². The van der Waals surface area contributed by atoms with Crippen LogP contribution in [0.4, 0.5) is 5.82 Å². The minimum Gasteiger partial charge on any atom is -0.310 e. The highest BCUT2D eigenvalue weighted by molar-refractivity contribution is 7.10. The molecule has 5 rings (SSSR count). The molecule has 0 aliphatic carbocycles. The van der Waals surface area contributed by atoms with Gasteiger partial charge in [-0.05, 0) is 43.0 Å². The van der Waals surface area contributed by atoms with E-state index in [1.807, 2.05) is 19.1 Å². The minimum atomic E-state index is -0.0122. The number of hydrogen-bond acceptors (Lipinski definition) is 6. The van der Waals surface area contributed by atoms with Crippen LogP contribution in [0.25, 0.3) is 11.5 Å². The lowest BCUT2D eigenvalue weighted by atomic mass is 9.89. The van der Waals surface area contributed by atoms with E-state index in [1.54, 1.807) is 20.5 Å². The molecule has 4 aromatic heterocycles. The molecule has 1 amide bonds. The Morgan fingerprint density at radius 2 is 2.12 bits per heavy atom. The highest BCUT2D eigenvalue weighted by Crippen LogP contribution is 2.42. The van der Waals surface area contributed by atoms with E-state index < -0.39 is 0 Å². The molecule has 0 bridgehead atoms. The topological polar surface area (TPSA) is 90.0 Å². The van der Waals surface area contributed by atoms with Gasteiger partial charge in [0.2, 0.25) is 5.91 Å². The second kappa shape index (κ2) is 5.46. The number of nitrogens with zero attached hydrogens (tertiary/aromatic N) is 6. The Bertz CT molecular complexity index is 1160. The van der Waals surface area contributed by atoms with Gasteiger partial charge in [0, 0.05) is 22.8 Å². The quantitative estimate of drug-likeness (QED) is 0.589. The summed E-state index contributed by atoms with van der Waals surface area (Å²) < 4.78 is 3.28. The van der Waals surface area contributed by atoms with Crippen molar-refractivity contribution in [1.82, 2.24) is 29.6 Å². The average molecular weight is 365 g/mol. The molecule has 0 fully saturated rings. The molecule has 1 aliphatic heterocycles. The van der Waals surface area contributed by atoms with Crippen molar-refractivity contribution in [1.29, 1.82) is 0 Å². The number of hydrogen-bond donors (Lipinski definition) is 1. The Kier molecular flexibility index (Phi) is 3.20. The molecule has 5 heterocycles. The van der Waals surface area contributed by atoms with Gasteiger partial charge in [-0.15, -0.1) is 26.6 Å². The van der Waals surface area contributed by atoms with Crippen LogP contribution < -0.4 is 5.32 Å². The number of aryl methyl sites for hydroxylation is 2. The number of nitrogens with one attached hydrogen (secondary N) is 1. The molecule has 130 valence electrons. The molecular weight excluding hydrogens is 350 g/mol. The third kappa shape index (κ3) is 2.17. The SMILES string of the molecule is Cc1ccsc1[C@@H]1CC(=O)Nc2c1c(C)nn2-c1ccc2nncn2n1. The fraction of sp³-hybridized carbons (Fsp3) is 0.235. The zero-order chi connectivity index (χ0) is 17.8. The highest BCUT2D eigenvalue weighted by atomic mass is 32.1. The van der Waals surface area contributed by atoms with Crippen LogP contribution in [-0.4, -0.2) is 35.5 Å². The molecule has 0 radical (unpaired) electrons. The van der Waals surface area contributed by atoms with Crippen molar-refractivity contribution in [2.75, 3.05) is 5.32 Å². The number of rotatable bonds is 2. The maximum Gasteiger partial charge on any atom is 0.226 e. The molecule has 0 unspecified atom stereocenters. The number of aromatic nitrogens is 6. The van der Waals surface area contributed by atoms with Crippen molar-refractivity contribution in [3.63, 3.8) is 0 Å². The summed E-state index contributed by atoms with van der Waals surface area (Å²) in [5.74, 6) is 1.30. The normalized spacial score (nSPS) is 16.7. The number of fused-ring (bicyclic) bond motifs is 2. The number of carbonyl (C=O) groups is 1. The van der Waals surface area contributed by atoms with Gasteiger partial charge in [0.15, 0.2) is 11.5 Å². The van der Waals surface area contributed by atoms with E-state index in [0.717, 1.165) is 11.3 Å². The van der Waals surface area contributed by atoms with E-state index in [4.69, 9.17) is 0 Å². The molecule has 8 nitrogen and oxygen atoms in total. The van der Waals surface area contributed by atoms with Gasteiger partial charge in [-0.25, -0.2) is 0 Å². The fourth-order valence-electron chi connectivity index (χ4n) is 3.51. The van der Waals surface area contributed by atoms with Gasteiger partial charge in [0.1, 0.15) is 12.1 Å². The number of amides is 1. The molecule has 0 aromatic carbocycles. The first-order valence-electron chi connectivity index (χ1n) is 8.22. The Labute approximate surface area is 152 Å². The van der Waals surface area contributed by atoms with E-state index in [0.29, 0.717) is 23.7 Å². The van der Waals surface area contributed by atoms with Crippen LogP contribution in [0.2, 0.25) is 0 Å². The number of carbonyl (C=O) groups excluding carboxylic acids is 1. The Balaban J connectivity index is 1.70. The molecule has 0 saturated heterocycles. The molecule has 1 aliphatic rings. The van der Waals surface area contributed by atoms with Gasteiger partial charge in [0.25, 0.3) is 0 Å². The highest BCUT2D eigenvalue weighted by Gasteiger charge is 2.34. The predicted octanol–water partition coefficient (Wildman–Crippen LogP) is 2.46. The predicted molar refractivity (Wildman–Crippen MR) is 96.8 cm³/mol. The smallest absolute Gasteiger partial charge is 0.226 e. The Morgan fingerprint density at radius 1 is 1.23 bits per heavy atom. The fourth-order valence-corrected chi connectivity index (χ4v) is 4.55. The van der Waals surface area contributed by atoms with Gasteiger partial charge >= 0.3 is 0 Å². The average Bonchev–Trinajstić information content (AvgIpc) is 3.32. The summed E-state index contributed by atoms with van der Waals surface area (Å²) >= 11 is 1.69. The van der Waals surface area contributed by atoms with Crippen LogP contribution in [0.15, 0.2) is 29.9 Å². The standard InChI is InChI=1S/C17H15N7OS/c1-9-5-6-26-16(9)11-7-14(25)19-17-15(11)10(2)21-24(17)13-4-3-12-20-18-8-23(12)22-13/h3-6,8,11H,7H2,1-2H3,(H,19,25)/t11-/m1/s1. The van der Waals surface area contributed by atoms with E-state index in [-0.39, 0.29) is 11.8 Å².